The van der Waals surface area contributed by atoms with Crippen LogP contribution >= 0.6 is 0 Å². The van der Waals surface area contributed by atoms with E-state index < -0.39 is 10.7 Å². The van der Waals surface area contributed by atoms with E-state index in [0.29, 0.717) is 25.3 Å². The maximum atomic E-state index is 12.4. The highest BCUT2D eigenvalue weighted by atomic mass is 16.6. The molecule has 0 bridgehead atoms. The number of hydrogen-bond acceptors (Lipinski definition) is 7. The predicted octanol–water partition coefficient (Wildman–Crippen LogP) is 0.659. The van der Waals surface area contributed by atoms with E-state index >= 15 is 0 Å². The Labute approximate surface area is 141 Å². The number of non-ortho nitro benzene ring substituents is 1. The van der Waals surface area contributed by atoms with Crippen molar-refractivity contribution < 1.29 is 19.0 Å². The monoisotopic (exact) mass is 348 g/mol. The fraction of sp³-hybridized carbons (Fsp3) is 0.400. The van der Waals surface area contributed by atoms with Gasteiger partial charge in [-0.1, -0.05) is 5.16 Å². The molecule has 10 heteroatoms. The summed E-state index contributed by atoms with van der Waals surface area (Å²) in [4.78, 5) is 36.2. The summed E-state index contributed by atoms with van der Waals surface area (Å²) in [5.74, 6) is -0.860. The molecule has 0 unspecified atom stereocenters. The van der Waals surface area contributed by atoms with E-state index in [1.54, 1.807) is 4.90 Å². The van der Waals surface area contributed by atoms with Gasteiger partial charge in [-0.25, -0.2) is 9.36 Å². The third-order valence-electron chi connectivity index (χ3n) is 3.91. The summed E-state index contributed by atoms with van der Waals surface area (Å²) in [5.41, 5.74) is 0.360. The molecule has 1 fully saturated rings. The van der Waals surface area contributed by atoms with Gasteiger partial charge in [0.1, 0.15) is 6.54 Å². The SMILES string of the molecule is C[C@H]1CN(C(=O)Cn2c(-c3ccc([N+](=O)[O-])cc3)noc2=O)CCO1. The third kappa shape index (κ3) is 3.58. The molecule has 1 atom stereocenters. The minimum atomic E-state index is -0.761. The molecule has 1 amide bonds. The lowest BCUT2D eigenvalue weighted by Crippen LogP contribution is -2.46. The molecule has 1 saturated heterocycles. The summed E-state index contributed by atoms with van der Waals surface area (Å²) >= 11 is 0. The first kappa shape index (κ1) is 16.8. The number of amides is 1. The first-order valence-electron chi connectivity index (χ1n) is 7.66. The molecule has 0 saturated carbocycles. The average molecular weight is 348 g/mol. The van der Waals surface area contributed by atoms with Crippen LogP contribution in [0.4, 0.5) is 5.69 Å². The number of benzene rings is 1. The van der Waals surface area contributed by atoms with Crippen LogP contribution in [0.1, 0.15) is 6.92 Å². The molecule has 2 aromatic rings. The van der Waals surface area contributed by atoms with E-state index in [9.17, 15) is 19.7 Å². The van der Waals surface area contributed by atoms with Gasteiger partial charge in [0.05, 0.1) is 17.6 Å². The van der Waals surface area contributed by atoms with Gasteiger partial charge in [-0.3, -0.25) is 19.4 Å². The van der Waals surface area contributed by atoms with Gasteiger partial charge in [-0.15, -0.1) is 0 Å². The van der Waals surface area contributed by atoms with E-state index in [-0.39, 0.29) is 30.1 Å². The van der Waals surface area contributed by atoms with Crippen LogP contribution in [0.3, 0.4) is 0 Å². The van der Waals surface area contributed by atoms with Crippen molar-refractivity contribution in [2.45, 2.75) is 19.6 Å². The Morgan fingerprint density at radius 1 is 1.40 bits per heavy atom. The highest BCUT2D eigenvalue weighted by Crippen LogP contribution is 2.20. The van der Waals surface area contributed by atoms with Gasteiger partial charge in [0.2, 0.25) is 5.91 Å². The lowest BCUT2D eigenvalue weighted by molar-refractivity contribution is -0.384. The van der Waals surface area contributed by atoms with Crippen molar-refractivity contribution >= 4 is 11.6 Å². The van der Waals surface area contributed by atoms with Crippen molar-refractivity contribution in [3.05, 3.63) is 44.9 Å². The van der Waals surface area contributed by atoms with Crippen LogP contribution < -0.4 is 5.76 Å². The van der Waals surface area contributed by atoms with Gasteiger partial charge in [-0.2, -0.15) is 0 Å². The maximum absolute atomic E-state index is 12.4. The number of hydrogen-bond donors (Lipinski definition) is 0. The number of ether oxygens (including phenoxy) is 1. The Balaban J connectivity index is 1.83. The molecule has 0 spiro atoms. The normalized spacial score (nSPS) is 17.5. The highest BCUT2D eigenvalue weighted by molar-refractivity contribution is 5.76. The molecular formula is C15H16N4O6. The Morgan fingerprint density at radius 3 is 2.76 bits per heavy atom. The Kier molecular flexibility index (Phi) is 4.61. The van der Waals surface area contributed by atoms with Crippen molar-refractivity contribution in [2.75, 3.05) is 19.7 Å². The van der Waals surface area contributed by atoms with E-state index in [4.69, 9.17) is 4.74 Å². The van der Waals surface area contributed by atoms with Crippen LogP contribution in [-0.2, 0) is 16.1 Å². The second-order valence-electron chi connectivity index (χ2n) is 5.68. The van der Waals surface area contributed by atoms with Crippen molar-refractivity contribution in [3.63, 3.8) is 0 Å². The zero-order valence-electron chi connectivity index (χ0n) is 13.5. The molecule has 0 N–H and O–H groups in total. The molecular weight excluding hydrogens is 332 g/mol. The number of nitro benzene ring substituents is 1. The second-order valence-corrected chi connectivity index (χ2v) is 5.68. The number of carbonyl (C=O) groups is 1. The van der Waals surface area contributed by atoms with E-state index in [0.717, 1.165) is 4.57 Å². The summed E-state index contributed by atoms with van der Waals surface area (Å²) in [6.07, 6.45) is -0.0639. The molecule has 1 aromatic heterocycles. The molecule has 10 nitrogen and oxygen atoms in total. The lowest BCUT2D eigenvalue weighted by atomic mass is 10.2. The van der Waals surface area contributed by atoms with Crippen molar-refractivity contribution in [2.24, 2.45) is 0 Å². The fourth-order valence-corrected chi connectivity index (χ4v) is 2.63. The molecule has 1 aliphatic rings. The topological polar surface area (TPSA) is 121 Å². The Bertz CT molecular complexity index is 840. The third-order valence-corrected chi connectivity index (χ3v) is 3.91. The van der Waals surface area contributed by atoms with Gasteiger partial charge in [0.15, 0.2) is 5.82 Å². The molecule has 3 rings (SSSR count). The molecule has 0 aliphatic carbocycles. The Hall–Kier alpha value is -3.01. The zero-order chi connectivity index (χ0) is 18.0. The van der Waals surface area contributed by atoms with E-state index in [1.807, 2.05) is 6.92 Å². The van der Waals surface area contributed by atoms with Crippen LogP contribution in [0.2, 0.25) is 0 Å². The van der Waals surface area contributed by atoms with Gasteiger partial charge in [-0.05, 0) is 19.1 Å². The molecule has 1 aromatic carbocycles. The number of aromatic nitrogens is 2. The quantitative estimate of drug-likeness (QED) is 0.588. The number of morpholine rings is 1. The summed E-state index contributed by atoms with van der Waals surface area (Å²) < 4.78 is 11.2. The summed E-state index contributed by atoms with van der Waals surface area (Å²) in [6, 6.07) is 5.50. The summed E-state index contributed by atoms with van der Waals surface area (Å²) in [7, 11) is 0. The zero-order valence-corrected chi connectivity index (χ0v) is 13.5. The van der Waals surface area contributed by atoms with Gasteiger partial charge in [0.25, 0.3) is 5.69 Å². The van der Waals surface area contributed by atoms with Gasteiger partial charge < -0.3 is 9.64 Å². The molecule has 2 heterocycles. The molecule has 0 radical (unpaired) electrons. The van der Waals surface area contributed by atoms with Crippen molar-refractivity contribution in [1.29, 1.82) is 0 Å². The average Bonchev–Trinajstić information content (AvgIpc) is 2.95. The first-order chi connectivity index (χ1) is 12.0. The predicted molar refractivity (Wildman–Crippen MR) is 84.8 cm³/mol. The smallest absolute Gasteiger partial charge is 0.375 e. The summed E-state index contributed by atoms with van der Waals surface area (Å²) in [6.45, 7) is 3.00. The van der Waals surface area contributed by atoms with Gasteiger partial charge in [0, 0.05) is 30.8 Å². The number of carbonyl (C=O) groups excluding carboxylic acids is 1. The van der Waals surface area contributed by atoms with Crippen LogP contribution in [0.5, 0.6) is 0 Å². The lowest BCUT2D eigenvalue weighted by Gasteiger charge is -2.31. The van der Waals surface area contributed by atoms with E-state index in [2.05, 4.69) is 9.68 Å². The second kappa shape index (κ2) is 6.85. The van der Waals surface area contributed by atoms with E-state index in [1.165, 1.54) is 24.3 Å². The summed E-state index contributed by atoms with van der Waals surface area (Å²) in [5, 5.41) is 14.4. The largest absolute Gasteiger partial charge is 0.442 e. The highest BCUT2D eigenvalue weighted by Gasteiger charge is 2.24. The minimum absolute atomic E-state index is 0.0639. The molecule has 25 heavy (non-hydrogen) atoms. The minimum Gasteiger partial charge on any atom is -0.375 e. The maximum Gasteiger partial charge on any atom is 0.442 e. The van der Waals surface area contributed by atoms with Crippen LogP contribution in [0.15, 0.2) is 33.6 Å². The fourth-order valence-electron chi connectivity index (χ4n) is 2.63. The molecule has 1 aliphatic heterocycles. The van der Waals surface area contributed by atoms with Crippen molar-refractivity contribution in [1.82, 2.24) is 14.6 Å². The number of nitrogens with zero attached hydrogens (tertiary/aromatic N) is 4. The molecule has 132 valence electrons. The van der Waals surface area contributed by atoms with Crippen LogP contribution in [-0.4, -0.2) is 51.3 Å². The van der Waals surface area contributed by atoms with Crippen LogP contribution in [0.25, 0.3) is 11.4 Å². The van der Waals surface area contributed by atoms with Gasteiger partial charge >= 0.3 is 5.76 Å². The Morgan fingerprint density at radius 2 is 2.12 bits per heavy atom. The van der Waals surface area contributed by atoms with Crippen molar-refractivity contribution in [3.8, 4) is 11.4 Å². The number of rotatable bonds is 4. The first-order valence-corrected chi connectivity index (χ1v) is 7.66. The standard InChI is InChI=1S/C15H16N4O6/c1-10-8-17(6-7-24-10)13(20)9-18-14(16-25-15(18)21)11-2-4-12(5-3-11)19(22)23/h2-5,10H,6-9H2,1H3/t10-/m0/s1. The number of nitro groups is 1. The van der Waals surface area contributed by atoms with Crippen LogP contribution in [0, 0.1) is 10.1 Å².